The number of benzene rings is 1. The molecule has 1 aromatic heterocycles. The fourth-order valence-electron chi connectivity index (χ4n) is 4.01. The predicted octanol–water partition coefficient (Wildman–Crippen LogP) is 0.474. The second-order valence-corrected chi connectivity index (χ2v) is 9.56. The number of ether oxygens (including phenoxy) is 1. The Labute approximate surface area is 180 Å². The van der Waals surface area contributed by atoms with E-state index < -0.39 is 15.9 Å². The predicted molar refractivity (Wildman–Crippen MR) is 111 cm³/mol. The van der Waals surface area contributed by atoms with Crippen molar-refractivity contribution in [1.82, 2.24) is 19.0 Å². The Morgan fingerprint density at radius 2 is 1.81 bits per heavy atom. The van der Waals surface area contributed by atoms with Gasteiger partial charge in [-0.05, 0) is 43.5 Å². The average molecular weight is 448 g/mol. The molecule has 1 saturated heterocycles. The third-order valence-electron chi connectivity index (χ3n) is 5.74. The van der Waals surface area contributed by atoms with E-state index in [0.29, 0.717) is 5.69 Å². The molecule has 166 valence electrons. The number of nitrogens with zero attached hydrogens (tertiary/aromatic N) is 4. The van der Waals surface area contributed by atoms with Gasteiger partial charge in [-0.3, -0.25) is 14.3 Å². The van der Waals surface area contributed by atoms with Crippen LogP contribution in [0.5, 0.6) is 5.75 Å². The summed E-state index contributed by atoms with van der Waals surface area (Å²) in [4.78, 5) is 26.1. The summed E-state index contributed by atoms with van der Waals surface area (Å²) in [5.74, 6) is -0.740. The molecule has 2 aliphatic heterocycles. The van der Waals surface area contributed by atoms with Crippen LogP contribution in [-0.2, 0) is 23.0 Å². The molecule has 31 heavy (non-hydrogen) atoms. The number of hydrogen-bond donors (Lipinski definition) is 1. The number of piperazine rings is 1. The molecular formula is C20H25N5O5S. The van der Waals surface area contributed by atoms with E-state index in [1.54, 1.807) is 4.90 Å². The summed E-state index contributed by atoms with van der Waals surface area (Å²) in [6.45, 7) is 1.65. The van der Waals surface area contributed by atoms with Crippen molar-refractivity contribution >= 4 is 21.8 Å². The molecule has 0 aliphatic carbocycles. The second kappa shape index (κ2) is 8.31. The van der Waals surface area contributed by atoms with Crippen LogP contribution in [0, 0.1) is 0 Å². The van der Waals surface area contributed by atoms with Gasteiger partial charge >= 0.3 is 0 Å². The van der Waals surface area contributed by atoms with E-state index in [4.69, 9.17) is 10.5 Å². The van der Waals surface area contributed by atoms with Crippen molar-refractivity contribution in [3.63, 3.8) is 0 Å². The number of carbonyl (C=O) groups is 2. The smallest absolute Gasteiger partial charge is 0.274 e. The van der Waals surface area contributed by atoms with E-state index in [-0.39, 0.29) is 48.3 Å². The summed E-state index contributed by atoms with van der Waals surface area (Å²) in [5, 5.41) is 4.42. The van der Waals surface area contributed by atoms with E-state index in [1.165, 1.54) is 29.6 Å². The van der Waals surface area contributed by atoms with Crippen molar-refractivity contribution < 1.29 is 22.7 Å². The Bertz CT molecular complexity index is 1100. The molecule has 3 heterocycles. The first-order valence-corrected chi connectivity index (χ1v) is 11.6. The van der Waals surface area contributed by atoms with Crippen molar-refractivity contribution in [1.29, 1.82) is 0 Å². The normalized spacial score (nSPS) is 17.3. The maximum Gasteiger partial charge on any atom is 0.274 e. The lowest BCUT2D eigenvalue weighted by Gasteiger charge is -2.33. The van der Waals surface area contributed by atoms with Crippen LogP contribution in [0.4, 0.5) is 0 Å². The lowest BCUT2D eigenvalue weighted by Crippen LogP contribution is -2.50. The number of primary amides is 1. The number of nitrogens with two attached hydrogens (primary N) is 1. The molecule has 2 aromatic rings. The minimum Gasteiger partial charge on any atom is -0.496 e. The molecule has 1 aromatic carbocycles. The first-order chi connectivity index (χ1) is 14.8. The Hall–Kier alpha value is -2.92. The molecule has 2 amide bonds. The van der Waals surface area contributed by atoms with Crippen molar-refractivity contribution in [2.45, 2.75) is 30.7 Å². The quantitative estimate of drug-likeness (QED) is 0.710. The zero-order valence-electron chi connectivity index (χ0n) is 17.3. The average Bonchev–Trinajstić information content (AvgIpc) is 3.22. The number of amides is 2. The van der Waals surface area contributed by atoms with Gasteiger partial charge in [0.2, 0.25) is 10.0 Å². The summed E-state index contributed by atoms with van der Waals surface area (Å²) in [6.07, 6.45) is 3.07. The lowest BCUT2D eigenvalue weighted by molar-refractivity contribution is 0.0690. The fourth-order valence-corrected chi connectivity index (χ4v) is 5.45. The maximum absolute atomic E-state index is 13.1. The second-order valence-electron chi connectivity index (χ2n) is 7.62. The maximum atomic E-state index is 13.1. The van der Waals surface area contributed by atoms with Gasteiger partial charge in [0.25, 0.3) is 11.8 Å². The Kier molecular flexibility index (Phi) is 5.71. The standard InChI is InChI=1S/C20H25N5O5S/c1-30-18-6-5-15(13-16(18)19(21)26)31(28,29)24-10-8-23(9-11-24)20(27)17-12-14-4-2-3-7-25(14)22-17/h5-6,12-13H,2-4,7-11H2,1H3,(H2,21,26). The van der Waals surface area contributed by atoms with Crippen LogP contribution in [0.3, 0.4) is 0 Å². The highest BCUT2D eigenvalue weighted by Gasteiger charge is 2.32. The zero-order valence-corrected chi connectivity index (χ0v) is 18.1. The lowest BCUT2D eigenvalue weighted by atomic mass is 10.1. The molecule has 0 bridgehead atoms. The van der Waals surface area contributed by atoms with Crippen molar-refractivity contribution in [2.75, 3.05) is 33.3 Å². The third-order valence-corrected chi connectivity index (χ3v) is 7.63. The molecule has 0 radical (unpaired) electrons. The number of methoxy groups -OCH3 is 1. The summed E-state index contributed by atoms with van der Waals surface area (Å²) < 4.78 is 34.4. The molecule has 4 rings (SSSR count). The molecular weight excluding hydrogens is 422 g/mol. The van der Waals surface area contributed by atoms with Crippen LogP contribution in [-0.4, -0.2) is 72.5 Å². The summed E-state index contributed by atoms with van der Waals surface area (Å²) in [7, 11) is -2.47. The number of aryl methyl sites for hydroxylation is 2. The Morgan fingerprint density at radius 1 is 1.06 bits per heavy atom. The van der Waals surface area contributed by atoms with Crippen LogP contribution in [0.1, 0.15) is 39.4 Å². The van der Waals surface area contributed by atoms with Gasteiger partial charge in [0.15, 0.2) is 5.69 Å². The van der Waals surface area contributed by atoms with E-state index in [9.17, 15) is 18.0 Å². The monoisotopic (exact) mass is 447 g/mol. The fraction of sp³-hybridized carbons (Fsp3) is 0.450. The van der Waals surface area contributed by atoms with E-state index in [0.717, 1.165) is 31.5 Å². The van der Waals surface area contributed by atoms with Crippen molar-refractivity contribution in [2.24, 2.45) is 5.73 Å². The SMILES string of the molecule is COc1ccc(S(=O)(=O)N2CCN(C(=O)c3cc4n(n3)CCCC4)CC2)cc1C(N)=O. The number of sulfonamides is 1. The molecule has 11 heteroatoms. The summed E-state index contributed by atoms with van der Waals surface area (Å²) >= 11 is 0. The van der Waals surface area contributed by atoms with Gasteiger partial charge < -0.3 is 15.4 Å². The molecule has 1 fully saturated rings. The zero-order chi connectivity index (χ0) is 22.2. The van der Waals surface area contributed by atoms with E-state index in [2.05, 4.69) is 5.10 Å². The van der Waals surface area contributed by atoms with Crippen LogP contribution in [0.25, 0.3) is 0 Å². The first kappa shape index (κ1) is 21.3. The third kappa shape index (κ3) is 4.02. The number of rotatable bonds is 5. The van der Waals surface area contributed by atoms with E-state index >= 15 is 0 Å². The molecule has 0 spiro atoms. The molecule has 10 nitrogen and oxygen atoms in total. The Balaban J connectivity index is 1.46. The minimum absolute atomic E-state index is 0.00105. The topological polar surface area (TPSA) is 128 Å². The number of aromatic nitrogens is 2. The summed E-state index contributed by atoms with van der Waals surface area (Å²) in [5.41, 5.74) is 6.83. The van der Waals surface area contributed by atoms with Crippen LogP contribution in [0.15, 0.2) is 29.2 Å². The van der Waals surface area contributed by atoms with Crippen LogP contribution in [0.2, 0.25) is 0 Å². The van der Waals surface area contributed by atoms with E-state index in [1.807, 2.05) is 10.7 Å². The largest absolute Gasteiger partial charge is 0.496 e. The molecule has 0 unspecified atom stereocenters. The molecule has 0 saturated carbocycles. The highest BCUT2D eigenvalue weighted by Crippen LogP contribution is 2.25. The van der Waals surface area contributed by atoms with Gasteiger partial charge in [0, 0.05) is 38.4 Å². The van der Waals surface area contributed by atoms with Gasteiger partial charge in [-0.1, -0.05) is 0 Å². The van der Waals surface area contributed by atoms with Gasteiger partial charge in [0.05, 0.1) is 17.6 Å². The number of carbonyl (C=O) groups excluding carboxylic acids is 2. The number of hydrogen-bond acceptors (Lipinski definition) is 6. The molecule has 2 N–H and O–H groups in total. The number of fused-ring (bicyclic) bond motifs is 1. The van der Waals surface area contributed by atoms with Crippen molar-refractivity contribution in [3.05, 3.63) is 41.2 Å². The van der Waals surface area contributed by atoms with Gasteiger partial charge in [-0.2, -0.15) is 9.40 Å². The summed E-state index contributed by atoms with van der Waals surface area (Å²) in [6, 6.07) is 5.86. The van der Waals surface area contributed by atoms with Crippen LogP contribution < -0.4 is 10.5 Å². The van der Waals surface area contributed by atoms with Crippen molar-refractivity contribution in [3.8, 4) is 5.75 Å². The Morgan fingerprint density at radius 3 is 2.45 bits per heavy atom. The first-order valence-electron chi connectivity index (χ1n) is 10.2. The highest BCUT2D eigenvalue weighted by molar-refractivity contribution is 7.89. The van der Waals surface area contributed by atoms with Crippen LogP contribution >= 0.6 is 0 Å². The van der Waals surface area contributed by atoms with Gasteiger partial charge in [0.1, 0.15) is 5.75 Å². The minimum atomic E-state index is -3.85. The van der Waals surface area contributed by atoms with Gasteiger partial charge in [-0.15, -0.1) is 0 Å². The highest BCUT2D eigenvalue weighted by atomic mass is 32.2. The van der Waals surface area contributed by atoms with Gasteiger partial charge in [-0.25, -0.2) is 8.42 Å². The molecule has 0 atom stereocenters. The molecule has 2 aliphatic rings.